The number of hydrogen-bond acceptors (Lipinski definition) is 5. The summed E-state index contributed by atoms with van der Waals surface area (Å²) < 4.78 is 22.3. The molecule has 5 nitrogen and oxygen atoms in total. The smallest absolute Gasteiger partial charge is 0.386 e. The molecule has 0 amide bonds. The minimum atomic E-state index is -1.75. The van der Waals surface area contributed by atoms with Crippen LogP contribution in [-0.4, -0.2) is 40.7 Å². The summed E-state index contributed by atoms with van der Waals surface area (Å²) in [6.45, 7) is 11.6. The van der Waals surface area contributed by atoms with E-state index in [-0.39, 0.29) is 28.8 Å². The standard InChI is InChI=1S/C14H30O5Si/c1-7-10(4)16-14(13(15)19-20,17-11(5)8-2)18-12(6)9-3/h10-12H,7-9H2,1-6,20H3. The lowest BCUT2D eigenvalue weighted by atomic mass is 10.3. The van der Waals surface area contributed by atoms with E-state index in [4.69, 9.17) is 18.6 Å². The number of ether oxygens (including phenoxy) is 3. The van der Waals surface area contributed by atoms with Gasteiger partial charge in [0.15, 0.2) is 0 Å². The quantitative estimate of drug-likeness (QED) is 0.456. The van der Waals surface area contributed by atoms with Crippen molar-refractivity contribution in [1.29, 1.82) is 0 Å². The van der Waals surface area contributed by atoms with Gasteiger partial charge >= 0.3 is 11.9 Å². The highest BCUT2D eigenvalue weighted by molar-refractivity contribution is 6.06. The molecule has 120 valence electrons. The van der Waals surface area contributed by atoms with Crippen molar-refractivity contribution in [1.82, 2.24) is 0 Å². The van der Waals surface area contributed by atoms with Gasteiger partial charge in [-0.2, -0.15) is 0 Å². The summed E-state index contributed by atoms with van der Waals surface area (Å²) in [6.07, 6.45) is 1.77. The monoisotopic (exact) mass is 306 g/mol. The van der Waals surface area contributed by atoms with Crippen LogP contribution in [0.3, 0.4) is 0 Å². The molecule has 0 rings (SSSR count). The number of carbonyl (C=O) groups is 1. The van der Waals surface area contributed by atoms with Crippen molar-refractivity contribution >= 4 is 16.5 Å². The lowest BCUT2D eigenvalue weighted by Gasteiger charge is -2.36. The Balaban J connectivity index is 5.31. The Kier molecular flexibility index (Phi) is 9.29. The fourth-order valence-corrected chi connectivity index (χ4v) is 1.65. The Hall–Kier alpha value is -0.433. The van der Waals surface area contributed by atoms with E-state index < -0.39 is 11.9 Å². The first-order valence-electron chi connectivity index (χ1n) is 7.46. The van der Waals surface area contributed by atoms with Crippen molar-refractivity contribution in [2.45, 2.75) is 85.1 Å². The molecular weight excluding hydrogens is 276 g/mol. The van der Waals surface area contributed by atoms with Crippen LogP contribution < -0.4 is 0 Å². The number of carbonyl (C=O) groups excluding carboxylic acids is 1. The number of hydrogen-bond donors (Lipinski definition) is 0. The van der Waals surface area contributed by atoms with E-state index in [0.29, 0.717) is 0 Å². The fraction of sp³-hybridized carbons (Fsp3) is 0.929. The highest BCUT2D eigenvalue weighted by Gasteiger charge is 2.47. The van der Waals surface area contributed by atoms with Crippen LogP contribution in [-0.2, 0) is 23.4 Å². The van der Waals surface area contributed by atoms with E-state index >= 15 is 0 Å². The highest BCUT2D eigenvalue weighted by Crippen LogP contribution is 2.26. The molecular formula is C14H30O5Si. The molecule has 0 spiro atoms. The van der Waals surface area contributed by atoms with Gasteiger partial charge in [-0.1, -0.05) is 20.8 Å². The lowest BCUT2D eigenvalue weighted by molar-refractivity contribution is -0.393. The zero-order valence-electron chi connectivity index (χ0n) is 13.9. The molecule has 3 unspecified atom stereocenters. The molecule has 0 heterocycles. The van der Waals surface area contributed by atoms with Gasteiger partial charge in [0.05, 0.1) is 18.3 Å². The van der Waals surface area contributed by atoms with Crippen LogP contribution >= 0.6 is 0 Å². The third-order valence-corrected chi connectivity index (χ3v) is 3.60. The largest absolute Gasteiger partial charge is 0.523 e. The molecule has 0 aliphatic carbocycles. The Morgan fingerprint density at radius 1 is 0.900 bits per heavy atom. The van der Waals surface area contributed by atoms with Gasteiger partial charge in [-0.15, -0.1) is 0 Å². The van der Waals surface area contributed by atoms with Crippen molar-refractivity contribution < 1.29 is 23.4 Å². The van der Waals surface area contributed by atoms with E-state index in [9.17, 15) is 4.79 Å². The van der Waals surface area contributed by atoms with Gasteiger partial charge < -0.3 is 18.6 Å². The molecule has 0 saturated carbocycles. The summed E-state index contributed by atoms with van der Waals surface area (Å²) in [6, 6.07) is 0. The topological polar surface area (TPSA) is 54.0 Å². The normalized spacial score (nSPS) is 19.1. The summed E-state index contributed by atoms with van der Waals surface area (Å²) in [5.74, 6) is -2.34. The van der Waals surface area contributed by atoms with Crippen LogP contribution in [0, 0.1) is 0 Å². The average Bonchev–Trinajstić information content (AvgIpc) is 2.45. The van der Waals surface area contributed by atoms with Crippen LogP contribution in [0.4, 0.5) is 0 Å². The first-order chi connectivity index (χ1) is 9.34. The molecule has 0 fully saturated rings. The maximum atomic E-state index is 12.2. The summed E-state index contributed by atoms with van der Waals surface area (Å²) in [7, 11) is 0.270. The maximum absolute atomic E-state index is 12.2. The molecule has 20 heavy (non-hydrogen) atoms. The third-order valence-electron chi connectivity index (χ3n) is 3.23. The van der Waals surface area contributed by atoms with Gasteiger partial charge in [-0.25, -0.2) is 4.79 Å². The van der Waals surface area contributed by atoms with E-state index in [1.807, 2.05) is 41.5 Å². The Labute approximate surface area is 125 Å². The summed E-state index contributed by atoms with van der Waals surface area (Å²) in [5, 5.41) is 0. The molecule has 0 N–H and O–H groups in total. The maximum Gasteiger partial charge on any atom is 0.386 e. The molecule has 0 radical (unpaired) electrons. The lowest BCUT2D eigenvalue weighted by Crippen LogP contribution is -2.52. The van der Waals surface area contributed by atoms with Crippen LogP contribution in [0.5, 0.6) is 0 Å². The second-order valence-electron chi connectivity index (χ2n) is 5.06. The SMILES string of the molecule is CCC(C)OC(OC(C)CC)(OC(C)CC)C(=O)O[SiH3]. The zero-order chi connectivity index (χ0) is 15.8. The summed E-state index contributed by atoms with van der Waals surface area (Å²) in [5.41, 5.74) is 0. The predicted octanol–water partition coefficient (Wildman–Crippen LogP) is 1.91. The Bertz CT molecular complexity index is 253. The van der Waals surface area contributed by atoms with Gasteiger partial charge in [0.25, 0.3) is 0 Å². The summed E-state index contributed by atoms with van der Waals surface area (Å²) >= 11 is 0. The second-order valence-corrected chi connectivity index (χ2v) is 5.47. The molecule has 0 aromatic rings. The molecule has 3 atom stereocenters. The van der Waals surface area contributed by atoms with Gasteiger partial charge in [-0.3, -0.25) is 0 Å². The molecule has 0 aromatic heterocycles. The van der Waals surface area contributed by atoms with E-state index in [0.717, 1.165) is 19.3 Å². The third kappa shape index (κ3) is 5.91. The van der Waals surface area contributed by atoms with Crippen LogP contribution in [0.15, 0.2) is 0 Å². The Morgan fingerprint density at radius 2 is 1.20 bits per heavy atom. The first-order valence-corrected chi connectivity index (χ1v) is 8.28. The van der Waals surface area contributed by atoms with E-state index in [1.165, 1.54) is 0 Å². The van der Waals surface area contributed by atoms with Crippen molar-refractivity contribution in [2.24, 2.45) is 0 Å². The van der Waals surface area contributed by atoms with Gasteiger partial charge in [0.1, 0.15) is 0 Å². The van der Waals surface area contributed by atoms with Crippen molar-refractivity contribution in [3.63, 3.8) is 0 Å². The minimum Gasteiger partial charge on any atom is -0.523 e. The summed E-state index contributed by atoms with van der Waals surface area (Å²) in [4.78, 5) is 12.2. The highest BCUT2D eigenvalue weighted by atomic mass is 28.2. The molecule has 0 aromatic carbocycles. The van der Waals surface area contributed by atoms with E-state index in [1.54, 1.807) is 0 Å². The average molecular weight is 306 g/mol. The minimum absolute atomic E-state index is 0.163. The van der Waals surface area contributed by atoms with Gasteiger partial charge in [0, 0.05) is 0 Å². The van der Waals surface area contributed by atoms with E-state index in [2.05, 4.69) is 0 Å². The Morgan fingerprint density at radius 3 is 1.40 bits per heavy atom. The molecule has 0 bridgehead atoms. The second kappa shape index (κ2) is 9.49. The van der Waals surface area contributed by atoms with Crippen molar-refractivity contribution in [3.05, 3.63) is 0 Å². The molecule has 0 aliphatic heterocycles. The van der Waals surface area contributed by atoms with Gasteiger partial charge in [0.2, 0.25) is 10.5 Å². The molecule has 0 aliphatic rings. The molecule has 6 heteroatoms. The van der Waals surface area contributed by atoms with Gasteiger partial charge in [-0.05, 0) is 40.0 Å². The molecule has 0 saturated heterocycles. The zero-order valence-corrected chi connectivity index (χ0v) is 15.9. The van der Waals surface area contributed by atoms with Crippen molar-refractivity contribution in [3.8, 4) is 0 Å². The van der Waals surface area contributed by atoms with Crippen molar-refractivity contribution in [2.75, 3.05) is 0 Å². The first kappa shape index (κ1) is 19.6. The fourth-order valence-electron chi connectivity index (χ4n) is 1.40. The van der Waals surface area contributed by atoms with Crippen LogP contribution in [0.25, 0.3) is 0 Å². The predicted molar refractivity (Wildman–Crippen MR) is 81.3 cm³/mol. The van der Waals surface area contributed by atoms with Crippen LogP contribution in [0.1, 0.15) is 60.8 Å². The van der Waals surface area contributed by atoms with Crippen LogP contribution in [0.2, 0.25) is 0 Å². The number of rotatable bonds is 10.